The molecule has 0 aliphatic carbocycles. The van der Waals surface area contributed by atoms with Crippen LogP contribution in [0, 0.1) is 17.5 Å². The number of anilines is 1. The van der Waals surface area contributed by atoms with E-state index in [1.54, 1.807) is 0 Å². The van der Waals surface area contributed by atoms with Crippen molar-refractivity contribution in [3.63, 3.8) is 0 Å². The molecule has 0 atom stereocenters. The molecule has 2 rings (SSSR count). The smallest absolute Gasteiger partial charge is 0.256 e. The van der Waals surface area contributed by atoms with E-state index in [4.69, 9.17) is 0 Å². The molecule has 1 N–H and O–H groups in total. The summed E-state index contributed by atoms with van der Waals surface area (Å²) >= 11 is 5.99. The molecule has 1 amide bonds. The zero-order chi connectivity index (χ0) is 14.9. The summed E-state index contributed by atoms with van der Waals surface area (Å²) in [6, 6.07) is 5.28. The summed E-state index contributed by atoms with van der Waals surface area (Å²) < 4.78 is 40.1. The average molecular weight is 409 g/mol. The van der Waals surface area contributed by atoms with Crippen molar-refractivity contribution in [2.75, 3.05) is 5.32 Å². The zero-order valence-electron chi connectivity index (χ0n) is 9.68. The molecule has 7 heteroatoms. The van der Waals surface area contributed by atoms with Gasteiger partial charge in [-0.25, -0.2) is 13.2 Å². The van der Waals surface area contributed by atoms with E-state index < -0.39 is 23.4 Å². The average Bonchev–Trinajstić information content (AvgIpc) is 2.38. The topological polar surface area (TPSA) is 29.1 Å². The highest BCUT2D eigenvalue weighted by atomic mass is 79.9. The van der Waals surface area contributed by atoms with Crippen LogP contribution in [0.3, 0.4) is 0 Å². The lowest BCUT2D eigenvalue weighted by Crippen LogP contribution is -2.14. The van der Waals surface area contributed by atoms with Crippen LogP contribution in [-0.2, 0) is 0 Å². The first kappa shape index (κ1) is 15.1. The second kappa shape index (κ2) is 5.97. The number of rotatable bonds is 2. The maximum Gasteiger partial charge on any atom is 0.256 e. The van der Waals surface area contributed by atoms with Crippen LogP contribution in [0.1, 0.15) is 10.4 Å². The van der Waals surface area contributed by atoms with Gasteiger partial charge in [-0.3, -0.25) is 4.79 Å². The Balaban J connectivity index is 2.32. The molecule has 2 nitrogen and oxygen atoms in total. The summed E-state index contributed by atoms with van der Waals surface area (Å²) in [5.41, 5.74) is -0.204. The van der Waals surface area contributed by atoms with Crippen LogP contribution in [0.15, 0.2) is 39.3 Å². The Morgan fingerprint density at radius 2 is 1.65 bits per heavy atom. The number of carbonyl (C=O) groups is 1. The number of halogens is 5. The summed E-state index contributed by atoms with van der Waals surface area (Å²) in [6.07, 6.45) is 0. The molecule has 20 heavy (non-hydrogen) atoms. The van der Waals surface area contributed by atoms with Crippen LogP contribution in [0.4, 0.5) is 18.9 Å². The van der Waals surface area contributed by atoms with Gasteiger partial charge in [0.25, 0.3) is 5.91 Å². The summed E-state index contributed by atoms with van der Waals surface area (Å²) in [5, 5.41) is 2.26. The van der Waals surface area contributed by atoms with Crippen molar-refractivity contribution in [3.8, 4) is 0 Å². The van der Waals surface area contributed by atoms with Gasteiger partial charge in [-0.15, -0.1) is 0 Å². The van der Waals surface area contributed by atoms with Crippen LogP contribution in [0.25, 0.3) is 0 Å². The van der Waals surface area contributed by atoms with E-state index in [0.717, 1.165) is 12.1 Å². The SMILES string of the molecule is O=C(Nc1cc(Br)c(F)cc1F)c1cc(F)ccc1Br. The van der Waals surface area contributed by atoms with E-state index in [9.17, 15) is 18.0 Å². The number of hydrogen-bond donors (Lipinski definition) is 1. The van der Waals surface area contributed by atoms with E-state index in [1.165, 1.54) is 12.1 Å². The molecule has 0 aromatic heterocycles. The molecule has 0 saturated heterocycles. The van der Waals surface area contributed by atoms with Gasteiger partial charge in [-0.1, -0.05) is 0 Å². The molecular weight excluding hydrogens is 403 g/mol. The third kappa shape index (κ3) is 3.21. The lowest BCUT2D eigenvalue weighted by molar-refractivity contribution is 0.102. The number of carbonyl (C=O) groups excluding carboxylic acids is 1. The van der Waals surface area contributed by atoms with E-state index >= 15 is 0 Å². The third-order valence-electron chi connectivity index (χ3n) is 2.43. The van der Waals surface area contributed by atoms with Gasteiger partial charge >= 0.3 is 0 Å². The van der Waals surface area contributed by atoms with Gasteiger partial charge in [0.05, 0.1) is 15.7 Å². The van der Waals surface area contributed by atoms with Crippen molar-refractivity contribution in [2.45, 2.75) is 0 Å². The molecular formula is C13H6Br2F3NO. The minimum atomic E-state index is -0.924. The number of benzene rings is 2. The minimum Gasteiger partial charge on any atom is -0.319 e. The van der Waals surface area contributed by atoms with E-state index in [-0.39, 0.29) is 15.7 Å². The van der Waals surface area contributed by atoms with Crippen molar-refractivity contribution < 1.29 is 18.0 Å². The van der Waals surface area contributed by atoms with Crippen LogP contribution >= 0.6 is 31.9 Å². The van der Waals surface area contributed by atoms with Crippen LogP contribution in [-0.4, -0.2) is 5.91 Å². The summed E-state index contributed by atoms with van der Waals surface area (Å²) in [4.78, 5) is 12.0. The Bertz CT molecular complexity index is 692. The first-order valence-corrected chi connectivity index (χ1v) is 6.88. The fourth-order valence-electron chi connectivity index (χ4n) is 1.48. The van der Waals surface area contributed by atoms with Crippen molar-refractivity contribution >= 4 is 43.5 Å². The highest BCUT2D eigenvalue weighted by Gasteiger charge is 2.15. The Morgan fingerprint density at radius 3 is 2.35 bits per heavy atom. The van der Waals surface area contributed by atoms with Crippen LogP contribution in [0.5, 0.6) is 0 Å². The maximum atomic E-state index is 13.5. The molecule has 0 radical (unpaired) electrons. The standard InChI is InChI=1S/C13H6Br2F3NO/c14-8-2-1-6(16)3-7(8)13(20)19-12-4-9(15)10(17)5-11(12)18/h1-5H,(H,19,20). The van der Waals surface area contributed by atoms with Gasteiger partial charge < -0.3 is 5.32 Å². The van der Waals surface area contributed by atoms with Gasteiger partial charge in [-0.2, -0.15) is 0 Å². The fraction of sp³-hybridized carbons (Fsp3) is 0. The van der Waals surface area contributed by atoms with E-state index in [0.29, 0.717) is 10.5 Å². The first-order chi connectivity index (χ1) is 9.38. The Labute approximate surface area is 129 Å². The highest BCUT2D eigenvalue weighted by Crippen LogP contribution is 2.25. The summed E-state index contributed by atoms with van der Waals surface area (Å²) in [6.45, 7) is 0. The van der Waals surface area contributed by atoms with E-state index in [1.807, 2.05) is 0 Å². The van der Waals surface area contributed by atoms with E-state index in [2.05, 4.69) is 37.2 Å². The summed E-state index contributed by atoms with van der Waals surface area (Å²) in [5.74, 6) is -3.02. The van der Waals surface area contributed by atoms with Crippen LogP contribution in [0.2, 0.25) is 0 Å². The zero-order valence-corrected chi connectivity index (χ0v) is 12.9. The molecule has 0 bridgehead atoms. The van der Waals surface area contributed by atoms with Crippen molar-refractivity contribution in [1.29, 1.82) is 0 Å². The van der Waals surface area contributed by atoms with Crippen molar-refractivity contribution in [3.05, 3.63) is 62.3 Å². The van der Waals surface area contributed by atoms with Crippen molar-refractivity contribution in [2.24, 2.45) is 0 Å². The second-order valence-corrected chi connectivity index (χ2v) is 5.53. The molecule has 0 saturated carbocycles. The Morgan fingerprint density at radius 1 is 0.950 bits per heavy atom. The second-order valence-electron chi connectivity index (χ2n) is 3.82. The molecule has 0 spiro atoms. The molecule has 0 aliphatic rings. The van der Waals surface area contributed by atoms with Gasteiger partial charge in [0.2, 0.25) is 0 Å². The van der Waals surface area contributed by atoms with Gasteiger partial charge in [0, 0.05) is 10.5 Å². The first-order valence-electron chi connectivity index (χ1n) is 5.29. The summed E-state index contributed by atoms with van der Waals surface area (Å²) in [7, 11) is 0. The fourth-order valence-corrected chi connectivity index (χ4v) is 2.25. The monoisotopic (exact) mass is 407 g/mol. The molecule has 0 aliphatic heterocycles. The van der Waals surface area contributed by atoms with Gasteiger partial charge in [0.1, 0.15) is 17.5 Å². The Hall–Kier alpha value is -1.34. The lowest BCUT2D eigenvalue weighted by Gasteiger charge is -2.09. The molecule has 0 heterocycles. The molecule has 2 aromatic carbocycles. The Kier molecular flexibility index (Phi) is 4.49. The molecule has 104 valence electrons. The highest BCUT2D eigenvalue weighted by molar-refractivity contribution is 9.10. The molecule has 0 unspecified atom stereocenters. The molecule has 0 fully saturated rings. The van der Waals surface area contributed by atoms with Crippen molar-refractivity contribution in [1.82, 2.24) is 0 Å². The normalized spacial score (nSPS) is 10.4. The molecule has 2 aromatic rings. The predicted molar refractivity (Wildman–Crippen MR) is 76.1 cm³/mol. The third-order valence-corrected chi connectivity index (χ3v) is 3.73. The minimum absolute atomic E-state index is 0.00449. The largest absolute Gasteiger partial charge is 0.319 e. The number of nitrogens with one attached hydrogen (secondary N) is 1. The number of amides is 1. The lowest BCUT2D eigenvalue weighted by atomic mass is 10.2. The van der Waals surface area contributed by atoms with Gasteiger partial charge in [0.15, 0.2) is 0 Å². The van der Waals surface area contributed by atoms with Crippen LogP contribution < -0.4 is 5.32 Å². The maximum absolute atomic E-state index is 13.5. The number of hydrogen-bond acceptors (Lipinski definition) is 1. The van der Waals surface area contributed by atoms with Gasteiger partial charge in [-0.05, 0) is 56.1 Å². The quantitative estimate of drug-likeness (QED) is 0.705. The predicted octanol–water partition coefficient (Wildman–Crippen LogP) is 4.88.